The molecule has 1 atom stereocenters. The molecular formula is C11H19F2NO3. The van der Waals surface area contributed by atoms with Crippen molar-refractivity contribution in [2.75, 3.05) is 13.2 Å². The molecule has 1 unspecified atom stereocenters. The molecule has 1 aliphatic heterocycles. The van der Waals surface area contributed by atoms with Crippen LogP contribution in [0.1, 0.15) is 33.6 Å². The predicted molar refractivity (Wildman–Crippen MR) is 58.0 cm³/mol. The fraction of sp³-hybridized carbons (Fsp3) is 0.909. The van der Waals surface area contributed by atoms with E-state index >= 15 is 0 Å². The lowest BCUT2D eigenvalue weighted by Crippen LogP contribution is -2.49. The average Bonchev–Trinajstić information content (AvgIpc) is 2.63. The fourth-order valence-corrected chi connectivity index (χ4v) is 1.85. The molecule has 17 heavy (non-hydrogen) atoms. The van der Waals surface area contributed by atoms with Gasteiger partial charge in [0, 0.05) is 6.54 Å². The number of hydrogen-bond donors (Lipinski definition) is 1. The molecule has 0 bridgehead atoms. The molecule has 4 nitrogen and oxygen atoms in total. The Morgan fingerprint density at radius 2 is 2.06 bits per heavy atom. The minimum Gasteiger partial charge on any atom is -0.444 e. The zero-order chi connectivity index (χ0) is 13.3. The van der Waals surface area contributed by atoms with Crippen molar-refractivity contribution in [2.24, 2.45) is 0 Å². The summed E-state index contributed by atoms with van der Waals surface area (Å²) in [6, 6.07) is -1.26. The molecule has 0 aromatic carbocycles. The Labute approximate surface area is 99.5 Å². The van der Waals surface area contributed by atoms with Gasteiger partial charge >= 0.3 is 6.09 Å². The van der Waals surface area contributed by atoms with E-state index in [0.29, 0.717) is 6.42 Å². The van der Waals surface area contributed by atoms with Crippen LogP contribution in [-0.2, 0) is 4.74 Å². The van der Waals surface area contributed by atoms with Crippen LogP contribution in [0.2, 0.25) is 0 Å². The summed E-state index contributed by atoms with van der Waals surface area (Å²) in [5, 5.41) is 8.66. The van der Waals surface area contributed by atoms with Crippen LogP contribution in [0.4, 0.5) is 13.6 Å². The third-order valence-corrected chi connectivity index (χ3v) is 2.58. The molecule has 0 aliphatic carbocycles. The largest absolute Gasteiger partial charge is 0.444 e. The Balaban J connectivity index is 2.73. The highest BCUT2D eigenvalue weighted by Gasteiger charge is 2.47. The van der Waals surface area contributed by atoms with Crippen LogP contribution < -0.4 is 0 Å². The van der Waals surface area contributed by atoms with E-state index in [2.05, 4.69) is 0 Å². The topological polar surface area (TPSA) is 49.8 Å². The number of hydrogen-bond acceptors (Lipinski definition) is 3. The van der Waals surface area contributed by atoms with Crippen LogP contribution in [-0.4, -0.2) is 46.8 Å². The summed E-state index contributed by atoms with van der Waals surface area (Å²) in [7, 11) is 0. The molecule has 1 heterocycles. The lowest BCUT2D eigenvalue weighted by atomic mass is 10.1. The van der Waals surface area contributed by atoms with Crippen molar-refractivity contribution in [3.8, 4) is 0 Å². The maximum absolute atomic E-state index is 13.4. The second kappa shape index (κ2) is 4.76. The molecule has 100 valence electrons. The Hall–Kier alpha value is -0.910. The maximum Gasteiger partial charge on any atom is 0.410 e. The van der Waals surface area contributed by atoms with Crippen molar-refractivity contribution in [2.45, 2.75) is 51.2 Å². The van der Waals surface area contributed by atoms with Gasteiger partial charge in [0.15, 0.2) is 0 Å². The molecule has 1 amide bonds. The van der Waals surface area contributed by atoms with Crippen LogP contribution >= 0.6 is 0 Å². The summed E-state index contributed by atoms with van der Waals surface area (Å²) in [5.74, 6) is -3.27. The van der Waals surface area contributed by atoms with Gasteiger partial charge in [0.25, 0.3) is 5.92 Å². The molecule has 0 saturated carbocycles. The second-order valence-electron chi connectivity index (χ2n) is 5.25. The third kappa shape index (κ3) is 3.52. The van der Waals surface area contributed by atoms with Gasteiger partial charge in [0.05, 0.1) is 0 Å². The second-order valence-corrected chi connectivity index (χ2v) is 5.25. The number of aliphatic hydroxyl groups is 1. The highest BCUT2D eigenvalue weighted by Crippen LogP contribution is 2.32. The first kappa shape index (κ1) is 14.2. The molecule has 1 saturated heterocycles. The number of rotatable bonds is 2. The number of aliphatic hydroxyl groups excluding tert-OH is 1. The Bertz CT molecular complexity index is 289. The summed E-state index contributed by atoms with van der Waals surface area (Å²) in [6.07, 6.45) is -0.0557. The molecule has 0 aromatic heterocycles. The third-order valence-electron chi connectivity index (χ3n) is 2.58. The van der Waals surface area contributed by atoms with E-state index in [4.69, 9.17) is 9.84 Å². The van der Waals surface area contributed by atoms with Crippen LogP contribution in [0.3, 0.4) is 0 Å². The summed E-state index contributed by atoms with van der Waals surface area (Å²) in [6.45, 7) is 4.03. The fourth-order valence-electron chi connectivity index (χ4n) is 1.85. The number of nitrogens with zero attached hydrogens (tertiary/aromatic N) is 1. The minimum absolute atomic E-state index is 0.187. The summed E-state index contributed by atoms with van der Waals surface area (Å²) < 4.78 is 31.9. The van der Waals surface area contributed by atoms with Gasteiger partial charge in [-0.15, -0.1) is 0 Å². The van der Waals surface area contributed by atoms with E-state index in [9.17, 15) is 13.6 Å². The lowest BCUT2D eigenvalue weighted by Gasteiger charge is -2.32. The van der Waals surface area contributed by atoms with Gasteiger partial charge in [0.2, 0.25) is 0 Å². The number of halogens is 2. The van der Waals surface area contributed by atoms with Crippen molar-refractivity contribution in [3.05, 3.63) is 0 Å². The van der Waals surface area contributed by atoms with E-state index < -0.39 is 30.3 Å². The first-order chi connectivity index (χ1) is 7.67. The van der Waals surface area contributed by atoms with Crippen LogP contribution in [0.25, 0.3) is 0 Å². The Kier molecular flexibility index (Phi) is 3.96. The molecule has 1 rings (SSSR count). The molecule has 6 heteroatoms. The highest BCUT2D eigenvalue weighted by molar-refractivity contribution is 5.69. The normalized spacial score (nSPS) is 21.8. The number of carbonyl (C=O) groups is 1. The zero-order valence-corrected chi connectivity index (χ0v) is 10.4. The van der Waals surface area contributed by atoms with Crippen LogP contribution in [0, 0.1) is 0 Å². The predicted octanol–water partition coefficient (Wildman–Crippen LogP) is 2.01. The van der Waals surface area contributed by atoms with Crippen molar-refractivity contribution < 1.29 is 23.4 Å². The molecule has 0 aromatic rings. The number of likely N-dealkylation sites (tertiary alicyclic amines) is 1. The number of alkyl halides is 2. The van der Waals surface area contributed by atoms with Gasteiger partial charge in [-0.05, 0) is 33.6 Å². The van der Waals surface area contributed by atoms with Gasteiger partial charge in [-0.25, -0.2) is 13.6 Å². The van der Waals surface area contributed by atoms with Gasteiger partial charge in [-0.3, -0.25) is 4.90 Å². The molecule has 1 aliphatic rings. The summed E-state index contributed by atoms with van der Waals surface area (Å²) in [5.41, 5.74) is -0.710. The van der Waals surface area contributed by atoms with Gasteiger partial charge in [0.1, 0.15) is 18.2 Å². The number of ether oxygens (including phenoxy) is 1. The SMILES string of the molecule is CC(C)(C)OC(=O)N1CCCC1C(F)(F)CO. The first-order valence-corrected chi connectivity index (χ1v) is 5.66. The lowest BCUT2D eigenvalue weighted by molar-refractivity contribution is -0.104. The van der Waals surface area contributed by atoms with Crippen molar-refractivity contribution >= 4 is 6.09 Å². The molecular weight excluding hydrogens is 232 g/mol. The summed E-state index contributed by atoms with van der Waals surface area (Å²) in [4.78, 5) is 12.7. The van der Waals surface area contributed by atoms with E-state index in [1.807, 2.05) is 0 Å². The number of carbonyl (C=O) groups excluding carboxylic acids is 1. The standard InChI is InChI=1S/C11H19F2NO3/c1-10(2,3)17-9(16)14-6-4-5-8(14)11(12,13)7-15/h8,15H,4-7H2,1-3H3. The van der Waals surface area contributed by atoms with Gasteiger partial charge in [-0.2, -0.15) is 0 Å². The quantitative estimate of drug-likeness (QED) is 0.816. The van der Waals surface area contributed by atoms with E-state index in [1.54, 1.807) is 20.8 Å². The van der Waals surface area contributed by atoms with Gasteiger partial charge in [-0.1, -0.05) is 0 Å². The van der Waals surface area contributed by atoms with Gasteiger partial charge < -0.3 is 9.84 Å². The van der Waals surface area contributed by atoms with Crippen LogP contribution in [0.5, 0.6) is 0 Å². The smallest absolute Gasteiger partial charge is 0.410 e. The molecule has 1 fully saturated rings. The molecule has 1 N–H and O–H groups in total. The summed E-state index contributed by atoms with van der Waals surface area (Å²) >= 11 is 0. The maximum atomic E-state index is 13.4. The zero-order valence-electron chi connectivity index (χ0n) is 10.4. The Morgan fingerprint density at radius 1 is 1.47 bits per heavy atom. The minimum atomic E-state index is -3.27. The highest BCUT2D eigenvalue weighted by atomic mass is 19.3. The van der Waals surface area contributed by atoms with E-state index in [1.165, 1.54) is 0 Å². The van der Waals surface area contributed by atoms with Crippen molar-refractivity contribution in [1.29, 1.82) is 0 Å². The van der Waals surface area contributed by atoms with Crippen molar-refractivity contribution in [3.63, 3.8) is 0 Å². The molecule has 0 spiro atoms. The van der Waals surface area contributed by atoms with Crippen LogP contribution in [0.15, 0.2) is 0 Å². The average molecular weight is 251 g/mol. The van der Waals surface area contributed by atoms with E-state index in [0.717, 1.165) is 4.90 Å². The Morgan fingerprint density at radius 3 is 2.53 bits per heavy atom. The molecule has 0 radical (unpaired) electrons. The number of amides is 1. The van der Waals surface area contributed by atoms with E-state index in [-0.39, 0.29) is 13.0 Å². The first-order valence-electron chi connectivity index (χ1n) is 5.66. The van der Waals surface area contributed by atoms with Crippen molar-refractivity contribution in [1.82, 2.24) is 4.90 Å². The monoisotopic (exact) mass is 251 g/mol.